The molecule has 0 N–H and O–H groups in total. The molecule has 0 fully saturated rings. The summed E-state index contributed by atoms with van der Waals surface area (Å²) in [5.41, 5.74) is 1.94. The van der Waals surface area contributed by atoms with Gasteiger partial charge in [-0.25, -0.2) is 4.39 Å². The zero-order valence-corrected chi connectivity index (χ0v) is 16.4. The van der Waals surface area contributed by atoms with Crippen molar-refractivity contribution >= 4 is 39.4 Å². The molecule has 0 bridgehead atoms. The summed E-state index contributed by atoms with van der Waals surface area (Å²) in [6.45, 7) is 1.76. The van der Waals surface area contributed by atoms with E-state index >= 15 is 0 Å². The Morgan fingerprint density at radius 1 is 1.07 bits per heavy atom. The molecule has 29 heavy (non-hydrogen) atoms. The second kappa shape index (κ2) is 7.68. The van der Waals surface area contributed by atoms with Gasteiger partial charge in [-0.15, -0.1) is 0 Å². The second-order valence-corrected chi connectivity index (χ2v) is 6.97. The molecule has 4 rings (SSSR count). The predicted octanol–water partition coefficient (Wildman–Crippen LogP) is 5.18. The van der Waals surface area contributed by atoms with E-state index in [1.54, 1.807) is 23.6 Å². The van der Waals surface area contributed by atoms with Gasteiger partial charge in [0.2, 0.25) is 0 Å². The van der Waals surface area contributed by atoms with Crippen molar-refractivity contribution in [3.63, 3.8) is 0 Å². The second-order valence-electron chi connectivity index (χ2n) is 6.57. The lowest BCUT2D eigenvalue weighted by atomic mass is 9.99. The van der Waals surface area contributed by atoms with Crippen LogP contribution in [-0.2, 0) is 16.1 Å². The van der Waals surface area contributed by atoms with E-state index in [2.05, 4.69) is 0 Å². The molecular weight excluding hydrogens is 393 g/mol. The van der Waals surface area contributed by atoms with Gasteiger partial charge < -0.3 is 9.30 Å². The molecule has 146 valence electrons. The summed E-state index contributed by atoms with van der Waals surface area (Å²) in [7, 11) is 0. The van der Waals surface area contributed by atoms with Crippen LogP contribution in [0.4, 0.5) is 4.39 Å². The van der Waals surface area contributed by atoms with Crippen molar-refractivity contribution in [3.05, 3.63) is 81.7 Å². The smallest absolute Gasteiger partial charge is 0.325 e. The maximum atomic E-state index is 14.1. The number of esters is 1. The van der Waals surface area contributed by atoms with Crippen molar-refractivity contribution in [2.24, 2.45) is 0 Å². The number of carbonyl (C=O) groups excluding carboxylic acids is 1. The fourth-order valence-corrected chi connectivity index (χ4v) is 3.86. The molecule has 0 radical (unpaired) electrons. The largest absolute Gasteiger partial charge is 0.465 e. The molecule has 0 unspecified atom stereocenters. The van der Waals surface area contributed by atoms with Crippen molar-refractivity contribution in [1.82, 2.24) is 4.57 Å². The minimum atomic E-state index is -0.503. The van der Waals surface area contributed by atoms with E-state index in [1.807, 2.05) is 30.3 Å². The highest BCUT2D eigenvalue weighted by Gasteiger charge is 2.19. The van der Waals surface area contributed by atoms with Crippen LogP contribution < -0.4 is 5.43 Å². The Hall–Kier alpha value is -3.18. The summed E-state index contributed by atoms with van der Waals surface area (Å²) >= 11 is 6.54. The first-order valence-electron chi connectivity index (χ1n) is 9.16. The van der Waals surface area contributed by atoms with Crippen LogP contribution in [0.5, 0.6) is 0 Å². The van der Waals surface area contributed by atoms with Gasteiger partial charge in [0.15, 0.2) is 5.43 Å². The van der Waals surface area contributed by atoms with E-state index in [1.165, 1.54) is 18.2 Å². The highest BCUT2D eigenvalue weighted by atomic mass is 35.5. The van der Waals surface area contributed by atoms with Gasteiger partial charge in [0.25, 0.3) is 0 Å². The van der Waals surface area contributed by atoms with E-state index in [9.17, 15) is 14.0 Å². The minimum Gasteiger partial charge on any atom is -0.465 e. The maximum Gasteiger partial charge on any atom is 0.325 e. The molecule has 0 saturated carbocycles. The quantitative estimate of drug-likeness (QED) is 0.345. The average molecular weight is 410 g/mol. The van der Waals surface area contributed by atoms with Crippen molar-refractivity contribution < 1.29 is 13.9 Å². The number of aromatic nitrogens is 1. The van der Waals surface area contributed by atoms with Crippen LogP contribution in [-0.4, -0.2) is 17.1 Å². The first-order valence-corrected chi connectivity index (χ1v) is 9.54. The number of fused-ring (bicyclic) bond motifs is 2. The minimum absolute atomic E-state index is 0.176. The van der Waals surface area contributed by atoms with Crippen LogP contribution >= 0.6 is 11.6 Å². The molecule has 6 heteroatoms. The SMILES string of the molecule is CCOC(=O)Cn1c2cc(F)ccc2c(=O)c2ccc(Cl)c(-c3ccccc3)c21. The summed E-state index contributed by atoms with van der Waals surface area (Å²) in [5.74, 6) is -0.987. The zero-order valence-electron chi connectivity index (χ0n) is 15.6. The van der Waals surface area contributed by atoms with Gasteiger partial charge in [-0.2, -0.15) is 0 Å². The molecule has 3 aromatic carbocycles. The van der Waals surface area contributed by atoms with Crippen molar-refractivity contribution in [1.29, 1.82) is 0 Å². The molecule has 0 aliphatic carbocycles. The number of halogens is 2. The third kappa shape index (κ3) is 3.38. The molecule has 0 amide bonds. The highest BCUT2D eigenvalue weighted by Crippen LogP contribution is 2.36. The fourth-order valence-electron chi connectivity index (χ4n) is 3.60. The number of carbonyl (C=O) groups is 1. The van der Waals surface area contributed by atoms with Gasteiger partial charge in [0.05, 0.1) is 22.7 Å². The molecule has 4 aromatic rings. The van der Waals surface area contributed by atoms with Crippen molar-refractivity contribution in [2.45, 2.75) is 13.5 Å². The molecule has 1 heterocycles. The summed E-state index contributed by atoms with van der Waals surface area (Å²) in [5, 5.41) is 1.15. The molecule has 1 aromatic heterocycles. The van der Waals surface area contributed by atoms with Crippen molar-refractivity contribution in [3.8, 4) is 11.1 Å². The topological polar surface area (TPSA) is 48.3 Å². The van der Waals surface area contributed by atoms with Crippen LogP contribution in [0.25, 0.3) is 32.9 Å². The van der Waals surface area contributed by atoms with Crippen LogP contribution in [0.1, 0.15) is 6.92 Å². The Kier molecular flexibility index (Phi) is 5.07. The number of pyridine rings is 1. The Bertz CT molecular complexity index is 1300. The summed E-state index contributed by atoms with van der Waals surface area (Å²) in [4.78, 5) is 25.5. The van der Waals surface area contributed by atoms with Gasteiger partial charge in [0, 0.05) is 16.3 Å². The Labute approximate surface area is 171 Å². The first kappa shape index (κ1) is 19.2. The number of ether oxygens (including phenoxy) is 1. The van der Waals surface area contributed by atoms with E-state index in [4.69, 9.17) is 16.3 Å². The first-order chi connectivity index (χ1) is 14.0. The molecule has 0 aliphatic rings. The zero-order chi connectivity index (χ0) is 20.5. The van der Waals surface area contributed by atoms with E-state index in [-0.39, 0.29) is 18.6 Å². The average Bonchev–Trinajstić information content (AvgIpc) is 2.71. The monoisotopic (exact) mass is 409 g/mol. The van der Waals surface area contributed by atoms with Gasteiger partial charge in [-0.1, -0.05) is 41.9 Å². The number of hydrogen-bond acceptors (Lipinski definition) is 3. The summed E-state index contributed by atoms with van der Waals surface area (Å²) < 4.78 is 20.8. The third-order valence-electron chi connectivity index (χ3n) is 4.79. The summed E-state index contributed by atoms with van der Waals surface area (Å²) in [6, 6.07) is 16.6. The molecule has 4 nitrogen and oxygen atoms in total. The van der Waals surface area contributed by atoms with Crippen LogP contribution in [0.2, 0.25) is 5.02 Å². The molecule has 0 spiro atoms. The normalized spacial score (nSPS) is 11.1. The Morgan fingerprint density at radius 2 is 1.79 bits per heavy atom. The molecule has 0 saturated heterocycles. The lowest BCUT2D eigenvalue weighted by molar-refractivity contribution is -0.143. The van der Waals surface area contributed by atoms with E-state index in [0.29, 0.717) is 32.4 Å². The van der Waals surface area contributed by atoms with Gasteiger partial charge in [-0.3, -0.25) is 9.59 Å². The van der Waals surface area contributed by atoms with Gasteiger partial charge in [-0.05, 0) is 42.8 Å². The third-order valence-corrected chi connectivity index (χ3v) is 5.11. The maximum absolute atomic E-state index is 14.1. The molecule has 0 atom stereocenters. The Morgan fingerprint density at radius 3 is 2.52 bits per heavy atom. The van der Waals surface area contributed by atoms with Crippen LogP contribution in [0.15, 0.2) is 65.5 Å². The lowest BCUT2D eigenvalue weighted by Crippen LogP contribution is -2.19. The fraction of sp³-hybridized carbons (Fsp3) is 0.130. The standard InChI is InChI=1S/C23H17ClFNO3/c1-2-29-20(27)13-26-19-12-15(25)8-9-16(19)23(28)17-10-11-18(24)21(22(17)26)14-6-4-3-5-7-14/h3-12H,2,13H2,1H3. The number of hydrogen-bond donors (Lipinski definition) is 0. The number of benzene rings is 3. The van der Waals surface area contributed by atoms with Crippen LogP contribution in [0, 0.1) is 5.82 Å². The van der Waals surface area contributed by atoms with Gasteiger partial charge in [0.1, 0.15) is 12.4 Å². The number of nitrogens with zero attached hydrogens (tertiary/aromatic N) is 1. The highest BCUT2D eigenvalue weighted by molar-refractivity contribution is 6.35. The van der Waals surface area contributed by atoms with E-state index < -0.39 is 11.8 Å². The predicted molar refractivity (Wildman–Crippen MR) is 113 cm³/mol. The van der Waals surface area contributed by atoms with Crippen LogP contribution in [0.3, 0.4) is 0 Å². The molecule has 0 aliphatic heterocycles. The summed E-state index contributed by atoms with van der Waals surface area (Å²) in [6.07, 6.45) is 0. The molecular formula is C23H17ClFNO3. The van der Waals surface area contributed by atoms with Crippen molar-refractivity contribution in [2.75, 3.05) is 6.61 Å². The van der Waals surface area contributed by atoms with Gasteiger partial charge >= 0.3 is 5.97 Å². The Balaban J connectivity index is 2.20. The number of rotatable bonds is 4. The lowest BCUT2D eigenvalue weighted by Gasteiger charge is -2.18. The van der Waals surface area contributed by atoms with E-state index in [0.717, 1.165) is 5.56 Å².